The third-order valence-electron chi connectivity index (χ3n) is 3.43. The Balaban J connectivity index is 1.71. The van der Waals surface area contributed by atoms with E-state index in [0.717, 1.165) is 10.2 Å². The first-order valence-corrected chi connectivity index (χ1v) is 8.20. The Labute approximate surface area is 157 Å². The minimum absolute atomic E-state index is 0.190. The van der Waals surface area contributed by atoms with E-state index in [4.69, 9.17) is 28.3 Å². The number of carbonyl (C=O) groups is 2. The monoisotopic (exact) mass is 393 g/mol. The maximum atomic E-state index is 12.2. The third-order valence-corrected chi connectivity index (χ3v) is 4.08. The van der Waals surface area contributed by atoms with Gasteiger partial charge in [-0.1, -0.05) is 41.4 Å². The number of carboxylic acid groups (broad SMARTS) is 1. The maximum Gasteiger partial charge on any atom is 0.325 e. The van der Waals surface area contributed by atoms with Gasteiger partial charge in [0.2, 0.25) is 0 Å². The van der Waals surface area contributed by atoms with Crippen molar-refractivity contribution in [1.82, 2.24) is 19.6 Å². The number of anilines is 1. The fourth-order valence-electron chi connectivity index (χ4n) is 2.25. The van der Waals surface area contributed by atoms with E-state index in [9.17, 15) is 9.59 Å². The summed E-state index contributed by atoms with van der Waals surface area (Å²) in [5.41, 5.74) is 1.06. The molecular formula is C16H13Cl2N5O3. The molecule has 0 fully saturated rings. The molecule has 3 aromatic rings. The lowest BCUT2D eigenvalue weighted by atomic mass is 10.2. The second kappa shape index (κ2) is 7.59. The number of carboxylic acids is 1. The molecule has 10 heteroatoms. The van der Waals surface area contributed by atoms with E-state index in [1.807, 2.05) is 18.2 Å². The normalized spacial score (nSPS) is 10.7. The SMILES string of the molecule is O=C(O)Cn1cc(C(=O)Nc2nn(Cc3ccccc3Cl)cc2Cl)cn1. The smallest absolute Gasteiger partial charge is 0.325 e. The summed E-state index contributed by atoms with van der Waals surface area (Å²) in [5.74, 6) is -1.36. The highest BCUT2D eigenvalue weighted by Crippen LogP contribution is 2.22. The van der Waals surface area contributed by atoms with Crippen LogP contribution in [0.25, 0.3) is 0 Å². The van der Waals surface area contributed by atoms with Crippen molar-refractivity contribution in [3.05, 3.63) is 64.0 Å². The second-order valence-corrected chi connectivity index (χ2v) is 6.20. The summed E-state index contributed by atoms with van der Waals surface area (Å²) < 4.78 is 2.71. The lowest BCUT2D eigenvalue weighted by Gasteiger charge is -2.04. The molecule has 0 aliphatic heterocycles. The summed E-state index contributed by atoms with van der Waals surface area (Å²) in [6.07, 6.45) is 4.18. The average molecular weight is 394 g/mol. The van der Waals surface area contributed by atoms with Crippen LogP contribution in [0.4, 0.5) is 5.82 Å². The van der Waals surface area contributed by atoms with Gasteiger partial charge in [0.15, 0.2) is 5.82 Å². The minimum atomic E-state index is -1.05. The number of aliphatic carboxylic acids is 1. The number of nitrogens with one attached hydrogen (secondary N) is 1. The molecule has 1 amide bonds. The molecule has 26 heavy (non-hydrogen) atoms. The Bertz CT molecular complexity index is 966. The molecule has 1 aromatic carbocycles. The lowest BCUT2D eigenvalue weighted by molar-refractivity contribution is -0.137. The van der Waals surface area contributed by atoms with Gasteiger partial charge in [0, 0.05) is 17.4 Å². The number of aromatic nitrogens is 4. The van der Waals surface area contributed by atoms with Crippen molar-refractivity contribution >= 4 is 40.9 Å². The molecule has 0 unspecified atom stereocenters. The topological polar surface area (TPSA) is 102 Å². The van der Waals surface area contributed by atoms with Gasteiger partial charge in [-0.15, -0.1) is 0 Å². The van der Waals surface area contributed by atoms with Crippen molar-refractivity contribution < 1.29 is 14.7 Å². The van der Waals surface area contributed by atoms with Crippen LogP contribution >= 0.6 is 23.2 Å². The third kappa shape index (κ3) is 4.22. The number of hydrogen-bond donors (Lipinski definition) is 2. The molecule has 0 aliphatic rings. The van der Waals surface area contributed by atoms with Crippen molar-refractivity contribution in [2.24, 2.45) is 0 Å². The molecule has 8 nitrogen and oxygen atoms in total. The van der Waals surface area contributed by atoms with E-state index < -0.39 is 11.9 Å². The Hall–Kier alpha value is -2.84. The highest BCUT2D eigenvalue weighted by molar-refractivity contribution is 6.33. The van der Waals surface area contributed by atoms with Crippen molar-refractivity contribution in [1.29, 1.82) is 0 Å². The standard InChI is InChI=1S/C16H13Cl2N5O3/c17-12-4-2-1-3-10(12)6-23-8-13(18)15(21-23)20-16(26)11-5-19-22(7-11)9-14(24)25/h1-5,7-8H,6,9H2,(H,24,25)(H,20,21,26). The van der Waals surface area contributed by atoms with Crippen molar-refractivity contribution in [2.75, 3.05) is 5.32 Å². The highest BCUT2D eigenvalue weighted by Gasteiger charge is 2.15. The molecule has 0 saturated heterocycles. The maximum absolute atomic E-state index is 12.2. The van der Waals surface area contributed by atoms with E-state index in [1.165, 1.54) is 12.4 Å². The summed E-state index contributed by atoms with van der Waals surface area (Å²) in [6, 6.07) is 7.34. The number of benzene rings is 1. The number of rotatable bonds is 6. The quantitative estimate of drug-likeness (QED) is 0.670. The molecule has 0 atom stereocenters. The van der Waals surface area contributed by atoms with E-state index in [0.29, 0.717) is 11.6 Å². The van der Waals surface area contributed by atoms with Crippen LogP contribution in [0.1, 0.15) is 15.9 Å². The second-order valence-electron chi connectivity index (χ2n) is 5.39. The highest BCUT2D eigenvalue weighted by atomic mass is 35.5. The van der Waals surface area contributed by atoms with E-state index >= 15 is 0 Å². The van der Waals surface area contributed by atoms with Crippen LogP contribution in [-0.4, -0.2) is 36.5 Å². The largest absolute Gasteiger partial charge is 0.480 e. The first-order valence-electron chi connectivity index (χ1n) is 7.44. The van der Waals surface area contributed by atoms with Gasteiger partial charge in [-0.3, -0.25) is 19.0 Å². The summed E-state index contributed by atoms with van der Waals surface area (Å²) in [5, 5.41) is 20.2. The Morgan fingerprint density at radius 3 is 2.62 bits per heavy atom. The van der Waals surface area contributed by atoms with Gasteiger partial charge >= 0.3 is 5.97 Å². The van der Waals surface area contributed by atoms with Crippen LogP contribution in [0.15, 0.2) is 42.9 Å². The summed E-state index contributed by atoms with van der Waals surface area (Å²) in [4.78, 5) is 22.9. The number of carbonyl (C=O) groups excluding carboxylic acids is 1. The molecule has 0 radical (unpaired) electrons. The summed E-state index contributed by atoms with van der Waals surface area (Å²) >= 11 is 12.3. The number of hydrogen-bond acceptors (Lipinski definition) is 4. The number of halogens is 2. The van der Waals surface area contributed by atoms with Gasteiger partial charge < -0.3 is 10.4 Å². The molecule has 2 N–H and O–H groups in total. The minimum Gasteiger partial charge on any atom is -0.480 e. The van der Waals surface area contributed by atoms with Gasteiger partial charge in [0.05, 0.1) is 18.3 Å². The molecular weight excluding hydrogens is 381 g/mol. The number of amides is 1. The predicted molar refractivity (Wildman–Crippen MR) is 95.6 cm³/mol. The Morgan fingerprint density at radius 2 is 1.88 bits per heavy atom. The van der Waals surface area contributed by atoms with E-state index in [1.54, 1.807) is 16.9 Å². The van der Waals surface area contributed by atoms with Crippen LogP contribution < -0.4 is 5.32 Å². The van der Waals surface area contributed by atoms with Crippen molar-refractivity contribution in [3.63, 3.8) is 0 Å². The van der Waals surface area contributed by atoms with Crippen LogP contribution in [0, 0.1) is 0 Å². The zero-order valence-electron chi connectivity index (χ0n) is 13.3. The molecule has 2 heterocycles. The first-order chi connectivity index (χ1) is 12.4. The van der Waals surface area contributed by atoms with Gasteiger partial charge in [-0.05, 0) is 11.6 Å². The van der Waals surface area contributed by atoms with Crippen LogP contribution in [0.5, 0.6) is 0 Å². The van der Waals surface area contributed by atoms with E-state index in [2.05, 4.69) is 15.5 Å². The van der Waals surface area contributed by atoms with Gasteiger partial charge in [-0.2, -0.15) is 10.2 Å². The van der Waals surface area contributed by atoms with Crippen LogP contribution in [-0.2, 0) is 17.9 Å². The van der Waals surface area contributed by atoms with Gasteiger partial charge in [-0.25, -0.2) is 0 Å². The van der Waals surface area contributed by atoms with Crippen molar-refractivity contribution in [2.45, 2.75) is 13.1 Å². The summed E-state index contributed by atoms with van der Waals surface area (Å²) in [7, 11) is 0. The number of nitrogens with zero attached hydrogens (tertiary/aromatic N) is 4. The molecule has 2 aromatic heterocycles. The van der Waals surface area contributed by atoms with E-state index in [-0.39, 0.29) is 22.9 Å². The Kier molecular flexibility index (Phi) is 5.24. The predicted octanol–water partition coefficient (Wildman–Crippen LogP) is 2.77. The lowest BCUT2D eigenvalue weighted by Crippen LogP contribution is -2.13. The molecule has 134 valence electrons. The van der Waals surface area contributed by atoms with Gasteiger partial charge in [0.25, 0.3) is 5.91 Å². The first kappa shape index (κ1) is 18.0. The molecule has 0 bridgehead atoms. The van der Waals surface area contributed by atoms with Crippen LogP contribution in [0.2, 0.25) is 10.0 Å². The zero-order chi connectivity index (χ0) is 18.7. The fraction of sp³-hybridized carbons (Fsp3) is 0.125. The Morgan fingerprint density at radius 1 is 1.12 bits per heavy atom. The van der Waals surface area contributed by atoms with Gasteiger partial charge in [0.1, 0.15) is 11.6 Å². The fourth-order valence-corrected chi connectivity index (χ4v) is 2.64. The molecule has 0 saturated carbocycles. The van der Waals surface area contributed by atoms with Crippen LogP contribution in [0.3, 0.4) is 0 Å². The van der Waals surface area contributed by atoms with Crippen molar-refractivity contribution in [3.8, 4) is 0 Å². The molecule has 3 rings (SSSR count). The summed E-state index contributed by atoms with van der Waals surface area (Å²) in [6.45, 7) is 0.0618. The zero-order valence-corrected chi connectivity index (χ0v) is 14.8. The average Bonchev–Trinajstić information content (AvgIpc) is 3.16. The molecule has 0 aliphatic carbocycles. The molecule has 0 spiro atoms.